The lowest BCUT2D eigenvalue weighted by Crippen LogP contribution is -2.10. The Labute approximate surface area is 772 Å². The topological polar surface area (TPSA) is 229 Å². The summed E-state index contributed by atoms with van der Waals surface area (Å²) in [6.45, 7) is 5.81. The van der Waals surface area contributed by atoms with Crippen LogP contribution in [0, 0.1) is 0 Å². The Hall–Kier alpha value is -14.8. The Kier molecular flexibility index (Phi) is 36.1. The fraction of sp³-hybridized carbons (Fsp3) is 0.246. The minimum atomic E-state index is -0.653. The number of unbranched alkanes of at least 4 members (excludes halogenated alkanes) is 22. The zero-order valence-corrected chi connectivity index (χ0v) is 74.8. The summed E-state index contributed by atoms with van der Waals surface area (Å²) in [5.74, 6) is -1.58. The summed E-state index contributed by atoms with van der Waals surface area (Å²) in [5, 5.41) is 0. The normalized spacial score (nSPS) is 10.9. The van der Waals surface area contributed by atoms with E-state index in [2.05, 4.69) is 13.8 Å². The smallest absolute Gasteiger partial charge is 0.343 e. The van der Waals surface area contributed by atoms with Crippen molar-refractivity contribution in [3.8, 4) is 102 Å². The summed E-state index contributed by atoms with van der Waals surface area (Å²) < 4.78 is 57.3. The van der Waals surface area contributed by atoms with E-state index in [1.165, 1.54) is 147 Å². The number of hydrogen-bond acceptors (Lipinski definition) is 18. The molecular formula is C114H110O18. The van der Waals surface area contributed by atoms with Crippen LogP contribution in [0.5, 0.6) is 57.5 Å². The first kappa shape index (κ1) is 94.8. The van der Waals surface area contributed by atoms with Crippen LogP contribution >= 0.6 is 0 Å². The highest BCUT2D eigenvalue weighted by Crippen LogP contribution is 2.33. The molecule has 13 aromatic rings. The van der Waals surface area contributed by atoms with Gasteiger partial charge in [-0.1, -0.05) is 270 Å². The van der Waals surface area contributed by atoms with Gasteiger partial charge in [0.05, 0.1) is 57.7 Å². The summed E-state index contributed by atoms with van der Waals surface area (Å²) in [7, 11) is 0. The van der Waals surface area contributed by atoms with Crippen molar-refractivity contribution in [1.29, 1.82) is 0 Å². The number of hydrogen-bond donors (Lipinski definition) is 0. The first-order chi connectivity index (χ1) is 64.6. The molecule has 0 heterocycles. The largest absolute Gasteiger partial charge is 0.494 e. The van der Waals surface area contributed by atoms with Crippen LogP contribution in [0.1, 0.15) is 251 Å². The number of carbonyl (C=O) groups excluding carboxylic acids is 8. The minimum Gasteiger partial charge on any atom is -0.494 e. The van der Waals surface area contributed by atoms with Crippen LogP contribution in [-0.2, 0) is 0 Å². The maximum Gasteiger partial charge on any atom is 0.343 e. The van der Waals surface area contributed by atoms with E-state index in [-0.39, 0.29) is 67.9 Å². The Morgan fingerprint density at radius 3 is 0.470 bits per heavy atom. The molecule has 18 heteroatoms. The van der Waals surface area contributed by atoms with E-state index >= 15 is 0 Å². The monoisotopic (exact) mass is 1770 g/mol. The van der Waals surface area contributed by atoms with Gasteiger partial charge in [-0.3, -0.25) is 0 Å². The van der Waals surface area contributed by atoms with Crippen LogP contribution in [-0.4, -0.2) is 61.0 Å². The fourth-order valence-electron chi connectivity index (χ4n) is 15.0. The van der Waals surface area contributed by atoms with Gasteiger partial charge in [-0.15, -0.1) is 0 Å². The number of benzene rings is 13. The van der Waals surface area contributed by atoms with Crippen molar-refractivity contribution in [2.75, 3.05) is 13.2 Å². The first-order valence-electron chi connectivity index (χ1n) is 46.0. The second kappa shape index (κ2) is 50.3. The molecule has 0 aliphatic heterocycles. The standard InChI is InChI=1S/C114H110O18/c1-3-5-7-9-11-13-15-17-19-21-23-25-76-123-97-68-72-99(73-69-97)125-107(115)89-52-36-81(37-53-89)83-40-56-91(57-41-83)109(117)127-101-30-27-32-103(78-101)129-111(119)93-60-44-85(45-61-93)87-48-64-95(65-49-87)113(121)131-105-34-29-35-106(80-105)132-114(122)96-66-50-88(51-67-96)86-46-62-94(63-47-86)112(120)130-104-33-28-31-102(79-104)128-110(118)92-58-42-84(43-59-92)82-38-54-90(55-39-82)108(116)126-100-74-70-98(71-75-100)124-77-26-24-22-20-18-16-14-12-10-8-6-4-2/h27-75,78-80H,3-26,76-77H2,1-2H3. The Bertz CT molecular complexity index is 5550. The maximum absolute atomic E-state index is 13.4. The van der Waals surface area contributed by atoms with Crippen molar-refractivity contribution in [1.82, 2.24) is 0 Å². The molecule has 18 nitrogen and oxygen atoms in total. The summed E-state index contributed by atoms with van der Waals surface area (Å²) in [4.78, 5) is 106. The van der Waals surface area contributed by atoms with Crippen LogP contribution in [0.3, 0.4) is 0 Å². The molecule has 0 unspecified atom stereocenters. The average molecular weight is 1770 g/mol. The van der Waals surface area contributed by atoms with Crippen LogP contribution in [0.25, 0.3) is 44.5 Å². The zero-order chi connectivity index (χ0) is 91.9. The highest BCUT2D eigenvalue weighted by Gasteiger charge is 2.21. The molecule has 0 saturated carbocycles. The highest BCUT2D eigenvalue weighted by molar-refractivity contribution is 5.97. The molecule has 674 valence electrons. The highest BCUT2D eigenvalue weighted by atomic mass is 16.6. The van der Waals surface area contributed by atoms with Crippen LogP contribution in [0.2, 0.25) is 0 Å². The molecule has 0 bridgehead atoms. The Morgan fingerprint density at radius 1 is 0.159 bits per heavy atom. The first-order valence-corrected chi connectivity index (χ1v) is 46.0. The molecule has 0 aromatic heterocycles. The van der Waals surface area contributed by atoms with Gasteiger partial charge in [-0.2, -0.15) is 0 Å². The van der Waals surface area contributed by atoms with E-state index in [1.807, 2.05) is 48.5 Å². The predicted octanol–water partition coefficient (Wildman–Crippen LogP) is 28.3. The second-order valence-corrected chi connectivity index (χ2v) is 32.6. The van der Waals surface area contributed by atoms with Crippen LogP contribution in [0.4, 0.5) is 0 Å². The van der Waals surface area contributed by atoms with Crippen molar-refractivity contribution in [3.05, 3.63) is 360 Å². The number of carbonyl (C=O) groups is 8. The quantitative estimate of drug-likeness (QED) is 0.0196. The molecule has 0 fully saturated rings. The molecule has 0 amide bonds. The summed E-state index contributed by atoms with van der Waals surface area (Å²) in [6.07, 6.45) is 30.9. The number of esters is 8. The van der Waals surface area contributed by atoms with Gasteiger partial charge in [0.2, 0.25) is 0 Å². The van der Waals surface area contributed by atoms with Crippen molar-refractivity contribution in [3.63, 3.8) is 0 Å². The van der Waals surface area contributed by atoms with Gasteiger partial charge in [0, 0.05) is 18.2 Å². The molecule has 0 aliphatic carbocycles. The van der Waals surface area contributed by atoms with Gasteiger partial charge in [0.1, 0.15) is 57.5 Å². The lowest BCUT2D eigenvalue weighted by Gasteiger charge is -2.10. The van der Waals surface area contributed by atoms with Crippen LogP contribution in [0.15, 0.2) is 315 Å². The van der Waals surface area contributed by atoms with Crippen molar-refractivity contribution < 1.29 is 85.7 Å². The van der Waals surface area contributed by atoms with Gasteiger partial charge < -0.3 is 47.4 Å². The van der Waals surface area contributed by atoms with E-state index in [4.69, 9.17) is 47.4 Å². The number of ether oxygens (including phenoxy) is 10. The van der Waals surface area contributed by atoms with Gasteiger partial charge in [0.25, 0.3) is 0 Å². The SMILES string of the molecule is CCCCCCCCCCCCCCOc1ccc(OC(=O)c2ccc(-c3ccc(C(=O)Oc4cccc(OC(=O)c5ccc(-c6ccc(C(=O)Oc7cccc(OC(=O)c8ccc(-c9ccc(C(=O)Oc%10cccc(OC(=O)c%11ccc(-c%12ccc(C(=O)Oc%13ccc(OCCCCCCCCCCCCCC)cc%13)cc%12)cc%11)c%10)cc9)cc8)c7)cc6)cc5)c4)cc3)cc2)cc1. The molecule has 0 saturated heterocycles. The van der Waals surface area contributed by atoms with Crippen LogP contribution < -0.4 is 47.4 Å². The van der Waals surface area contributed by atoms with Gasteiger partial charge in [0.15, 0.2) is 0 Å². The Morgan fingerprint density at radius 2 is 0.303 bits per heavy atom. The molecule has 0 spiro atoms. The van der Waals surface area contributed by atoms with E-state index in [0.717, 1.165) is 81.7 Å². The van der Waals surface area contributed by atoms with E-state index in [1.54, 1.807) is 249 Å². The van der Waals surface area contributed by atoms with Gasteiger partial charge in [-0.25, -0.2) is 38.4 Å². The summed E-state index contributed by atoms with van der Waals surface area (Å²) in [6, 6.07) is 87.3. The summed E-state index contributed by atoms with van der Waals surface area (Å²) in [5.41, 5.74) is 8.65. The molecule has 0 radical (unpaired) electrons. The molecule has 132 heavy (non-hydrogen) atoms. The van der Waals surface area contributed by atoms with Crippen molar-refractivity contribution >= 4 is 47.8 Å². The molecule has 0 aliphatic rings. The lowest BCUT2D eigenvalue weighted by molar-refractivity contribution is 0.0713. The van der Waals surface area contributed by atoms with Gasteiger partial charge >= 0.3 is 47.8 Å². The number of rotatable bonds is 48. The average Bonchev–Trinajstić information content (AvgIpc) is 0.830. The predicted molar refractivity (Wildman–Crippen MR) is 513 cm³/mol. The van der Waals surface area contributed by atoms with E-state index in [0.29, 0.717) is 35.8 Å². The third-order valence-corrected chi connectivity index (χ3v) is 22.6. The molecule has 13 aromatic carbocycles. The third-order valence-electron chi connectivity index (χ3n) is 22.6. The Balaban J connectivity index is 0.492. The molecular weight excluding hydrogens is 1660 g/mol. The minimum absolute atomic E-state index is 0.141. The van der Waals surface area contributed by atoms with E-state index in [9.17, 15) is 38.4 Å². The maximum atomic E-state index is 13.4. The fourth-order valence-corrected chi connectivity index (χ4v) is 15.0. The summed E-state index contributed by atoms with van der Waals surface area (Å²) >= 11 is 0. The molecule has 0 atom stereocenters. The zero-order valence-electron chi connectivity index (χ0n) is 74.8. The van der Waals surface area contributed by atoms with E-state index < -0.39 is 47.8 Å². The third kappa shape index (κ3) is 29.6. The van der Waals surface area contributed by atoms with Gasteiger partial charge in [-0.05, 0) is 239 Å². The molecule has 13 rings (SSSR count). The second-order valence-electron chi connectivity index (χ2n) is 32.6. The molecule has 0 N–H and O–H groups in total. The van der Waals surface area contributed by atoms with Crippen molar-refractivity contribution in [2.45, 2.75) is 168 Å². The van der Waals surface area contributed by atoms with Crippen molar-refractivity contribution in [2.24, 2.45) is 0 Å². The lowest BCUT2D eigenvalue weighted by atomic mass is 10.0.